The molecule has 1 amide bonds. The van der Waals surface area contributed by atoms with E-state index in [0.29, 0.717) is 22.9 Å². The van der Waals surface area contributed by atoms with Gasteiger partial charge in [-0.15, -0.1) is 0 Å². The number of hydrogen-bond donors (Lipinski definition) is 2. The first-order chi connectivity index (χ1) is 13.5. The van der Waals surface area contributed by atoms with Crippen LogP contribution in [0.1, 0.15) is 33.0 Å². The second kappa shape index (κ2) is 7.15. The van der Waals surface area contributed by atoms with Crippen LogP contribution in [0.3, 0.4) is 0 Å². The first-order valence-corrected chi connectivity index (χ1v) is 8.86. The maximum atomic E-state index is 12.9. The monoisotopic (exact) mass is 373 g/mol. The van der Waals surface area contributed by atoms with E-state index >= 15 is 0 Å². The van der Waals surface area contributed by atoms with Gasteiger partial charge in [-0.3, -0.25) is 19.9 Å². The lowest BCUT2D eigenvalue weighted by molar-refractivity contribution is 0.0951. The lowest BCUT2D eigenvalue weighted by Crippen LogP contribution is -2.24. The van der Waals surface area contributed by atoms with Gasteiger partial charge in [-0.05, 0) is 44.0 Å². The van der Waals surface area contributed by atoms with Crippen LogP contribution in [0.5, 0.6) is 0 Å². The number of aromatic amines is 1. The summed E-state index contributed by atoms with van der Waals surface area (Å²) >= 11 is 0. The maximum absolute atomic E-state index is 12.9. The molecule has 0 aliphatic rings. The molecule has 0 unspecified atom stereocenters. The largest absolute Gasteiger partial charge is 0.345 e. The lowest BCUT2D eigenvalue weighted by atomic mass is 10.00. The number of aromatic nitrogens is 6. The highest BCUT2D eigenvalue weighted by Gasteiger charge is 2.15. The first-order valence-electron chi connectivity index (χ1n) is 8.86. The molecular formula is C20H19N7O. The molecule has 0 aliphatic heterocycles. The number of H-pyrrole nitrogens is 1. The number of rotatable bonds is 4. The van der Waals surface area contributed by atoms with Gasteiger partial charge < -0.3 is 5.32 Å². The first kappa shape index (κ1) is 17.7. The van der Waals surface area contributed by atoms with E-state index in [4.69, 9.17) is 0 Å². The number of hydrogen-bond acceptors (Lipinski definition) is 6. The van der Waals surface area contributed by atoms with Gasteiger partial charge in [0.1, 0.15) is 11.5 Å². The Balaban J connectivity index is 1.57. The molecule has 4 rings (SSSR count). The third-order valence-electron chi connectivity index (χ3n) is 4.36. The third-order valence-corrected chi connectivity index (χ3v) is 4.36. The van der Waals surface area contributed by atoms with Crippen LogP contribution < -0.4 is 5.32 Å². The van der Waals surface area contributed by atoms with Crippen molar-refractivity contribution in [3.63, 3.8) is 0 Å². The number of fused-ring (bicyclic) bond motifs is 1. The minimum absolute atomic E-state index is 0.181. The Kier molecular flexibility index (Phi) is 4.52. The minimum atomic E-state index is -0.181. The van der Waals surface area contributed by atoms with E-state index in [1.807, 2.05) is 32.9 Å². The van der Waals surface area contributed by atoms with E-state index in [-0.39, 0.29) is 12.5 Å². The Hall–Kier alpha value is -3.68. The van der Waals surface area contributed by atoms with Crippen molar-refractivity contribution < 1.29 is 4.79 Å². The van der Waals surface area contributed by atoms with Gasteiger partial charge in [-0.1, -0.05) is 6.07 Å². The lowest BCUT2D eigenvalue weighted by Gasteiger charge is -2.11. The highest BCUT2D eigenvalue weighted by molar-refractivity contribution is 6.07. The molecular weight excluding hydrogens is 354 g/mol. The van der Waals surface area contributed by atoms with Gasteiger partial charge in [0.05, 0.1) is 23.8 Å². The molecule has 8 nitrogen and oxygen atoms in total. The molecule has 0 fully saturated rings. The average molecular weight is 373 g/mol. The second-order valence-corrected chi connectivity index (χ2v) is 6.67. The molecule has 28 heavy (non-hydrogen) atoms. The highest BCUT2D eigenvalue weighted by Crippen LogP contribution is 2.24. The highest BCUT2D eigenvalue weighted by atomic mass is 16.1. The van der Waals surface area contributed by atoms with Gasteiger partial charge in [-0.2, -0.15) is 5.10 Å². The van der Waals surface area contributed by atoms with Crippen LogP contribution in [0.15, 0.2) is 36.8 Å². The predicted octanol–water partition coefficient (Wildman–Crippen LogP) is 2.67. The van der Waals surface area contributed by atoms with Gasteiger partial charge >= 0.3 is 0 Å². The van der Waals surface area contributed by atoms with Crippen molar-refractivity contribution in [1.82, 2.24) is 35.5 Å². The summed E-state index contributed by atoms with van der Waals surface area (Å²) in [5, 5.41) is 10.7. The molecule has 0 saturated heterocycles. The number of benzene rings is 1. The number of amides is 1. The van der Waals surface area contributed by atoms with Crippen molar-refractivity contribution in [2.24, 2.45) is 0 Å². The maximum Gasteiger partial charge on any atom is 0.252 e. The van der Waals surface area contributed by atoms with E-state index < -0.39 is 0 Å². The van der Waals surface area contributed by atoms with Crippen LogP contribution in [0.4, 0.5) is 0 Å². The fourth-order valence-corrected chi connectivity index (χ4v) is 3.23. The molecule has 3 heterocycles. The van der Waals surface area contributed by atoms with Crippen LogP contribution in [0.25, 0.3) is 22.4 Å². The zero-order chi connectivity index (χ0) is 19.7. The summed E-state index contributed by atoms with van der Waals surface area (Å²) in [4.78, 5) is 30.0. The molecule has 140 valence electrons. The smallest absolute Gasteiger partial charge is 0.252 e. The summed E-state index contributed by atoms with van der Waals surface area (Å²) in [6.07, 6.45) is 4.75. The zero-order valence-corrected chi connectivity index (χ0v) is 15.8. The molecule has 8 heteroatoms. The van der Waals surface area contributed by atoms with E-state index in [9.17, 15) is 4.79 Å². The van der Waals surface area contributed by atoms with Crippen molar-refractivity contribution in [3.05, 3.63) is 65.0 Å². The summed E-state index contributed by atoms with van der Waals surface area (Å²) in [5.41, 5.74) is 4.94. The number of aryl methyl sites for hydroxylation is 3. The van der Waals surface area contributed by atoms with Gasteiger partial charge in [0.2, 0.25) is 5.82 Å². The van der Waals surface area contributed by atoms with Crippen LogP contribution in [0.2, 0.25) is 0 Å². The van der Waals surface area contributed by atoms with Gasteiger partial charge in [0, 0.05) is 23.5 Å². The van der Waals surface area contributed by atoms with Crippen LogP contribution >= 0.6 is 0 Å². The van der Waals surface area contributed by atoms with Gasteiger partial charge in [0.15, 0.2) is 0 Å². The Morgan fingerprint density at radius 1 is 1.11 bits per heavy atom. The molecule has 0 bridgehead atoms. The van der Waals surface area contributed by atoms with Crippen molar-refractivity contribution in [2.45, 2.75) is 27.3 Å². The normalized spacial score (nSPS) is 11.0. The molecule has 1 aromatic carbocycles. The number of nitrogens with zero attached hydrogens (tertiary/aromatic N) is 5. The molecule has 0 atom stereocenters. The van der Waals surface area contributed by atoms with E-state index in [1.54, 1.807) is 18.6 Å². The summed E-state index contributed by atoms with van der Waals surface area (Å²) in [5.74, 6) is 0.797. The number of nitrogens with one attached hydrogen (secondary N) is 2. The fourth-order valence-electron chi connectivity index (χ4n) is 3.23. The molecule has 0 aliphatic carbocycles. The van der Waals surface area contributed by atoms with Gasteiger partial charge in [-0.25, -0.2) is 9.97 Å². The minimum Gasteiger partial charge on any atom is -0.345 e. The van der Waals surface area contributed by atoms with Crippen molar-refractivity contribution >= 4 is 16.8 Å². The fraction of sp³-hybridized carbons (Fsp3) is 0.200. The molecule has 0 radical (unpaired) electrons. The van der Waals surface area contributed by atoms with E-state index in [2.05, 4.69) is 41.5 Å². The predicted molar refractivity (Wildman–Crippen MR) is 105 cm³/mol. The molecule has 0 spiro atoms. The van der Waals surface area contributed by atoms with Crippen molar-refractivity contribution in [1.29, 1.82) is 0 Å². The Morgan fingerprint density at radius 2 is 1.96 bits per heavy atom. The quantitative estimate of drug-likeness (QED) is 0.569. The topological polar surface area (TPSA) is 109 Å². The number of carbonyl (C=O) groups excluding carboxylic acids is 1. The molecule has 3 aromatic heterocycles. The number of pyridine rings is 1. The van der Waals surface area contributed by atoms with Crippen LogP contribution in [-0.2, 0) is 6.54 Å². The van der Waals surface area contributed by atoms with Gasteiger partial charge in [0.25, 0.3) is 5.91 Å². The summed E-state index contributed by atoms with van der Waals surface area (Å²) in [6, 6.07) is 5.86. The third kappa shape index (κ3) is 3.44. The second-order valence-electron chi connectivity index (χ2n) is 6.67. The Morgan fingerprint density at radius 3 is 2.75 bits per heavy atom. The zero-order valence-electron chi connectivity index (χ0n) is 15.8. The van der Waals surface area contributed by atoms with Crippen LogP contribution in [-0.4, -0.2) is 36.0 Å². The SMILES string of the molecule is Cc1cc(C)c2c(C(=O)NCc3nc(-c4cnccn4)n[nH]3)cc(C)nc2c1. The Bertz CT molecular complexity index is 1160. The van der Waals surface area contributed by atoms with Crippen LogP contribution in [0, 0.1) is 20.8 Å². The Labute approximate surface area is 161 Å². The number of carbonyl (C=O) groups is 1. The standard InChI is InChI=1S/C20H19N7O/c1-11-6-12(2)18-14(8-13(3)24-15(18)7-11)20(28)23-10-17-25-19(27-26-17)16-9-21-4-5-22-16/h4-9H,10H2,1-3H3,(H,23,28)(H,25,26,27). The molecule has 0 saturated carbocycles. The van der Waals surface area contributed by atoms with Crippen molar-refractivity contribution in [3.8, 4) is 11.5 Å². The average Bonchev–Trinajstić information content (AvgIpc) is 3.14. The summed E-state index contributed by atoms with van der Waals surface area (Å²) in [7, 11) is 0. The summed E-state index contributed by atoms with van der Waals surface area (Å²) in [6.45, 7) is 6.12. The van der Waals surface area contributed by atoms with E-state index in [1.165, 1.54) is 0 Å². The molecule has 2 N–H and O–H groups in total. The summed E-state index contributed by atoms with van der Waals surface area (Å²) < 4.78 is 0. The molecule has 4 aromatic rings. The van der Waals surface area contributed by atoms with E-state index in [0.717, 1.165) is 27.7 Å². The van der Waals surface area contributed by atoms with Crippen molar-refractivity contribution in [2.75, 3.05) is 0 Å².